The molecule has 0 radical (unpaired) electrons. The molecule has 1 atom stereocenters. The number of hydrogen-bond acceptors (Lipinski definition) is 4. The maximum Gasteiger partial charge on any atom is 0.240 e. The third kappa shape index (κ3) is 2.92. The Kier molecular flexibility index (Phi) is 3.72. The van der Waals surface area contributed by atoms with Crippen molar-refractivity contribution in [1.29, 1.82) is 0 Å². The van der Waals surface area contributed by atoms with E-state index in [2.05, 4.69) is 22.0 Å². The summed E-state index contributed by atoms with van der Waals surface area (Å²) in [4.78, 5) is 6.23. The highest BCUT2D eigenvalue weighted by atomic mass is 19.1. The molecule has 0 spiro atoms. The molecule has 0 amide bonds. The molecule has 1 aromatic heterocycles. The fourth-order valence-corrected chi connectivity index (χ4v) is 1.75. The van der Waals surface area contributed by atoms with Crippen molar-refractivity contribution in [3.05, 3.63) is 47.4 Å². The van der Waals surface area contributed by atoms with Crippen LogP contribution in [0.4, 0.5) is 4.39 Å². The van der Waals surface area contributed by atoms with Gasteiger partial charge < -0.3 is 4.52 Å². The van der Waals surface area contributed by atoms with Gasteiger partial charge in [-0.25, -0.2) is 4.39 Å². The van der Waals surface area contributed by atoms with E-state index in [0.29, 0.717) is 18.3 Å². The van der Waals surface area contributed by atoms with Crippen molar-refractivity contribution in [1.82, 2.24) is 15.0 Å². The maximum atomic E-state index is 12.9. The predicted octanol–water partition coefficient (Wildman–Crippen LogP) is 2.71. The fraction of sp³-hybridized carbons (Fsp3) is 0.385. The number of nitrogens with zero attached hydrogens (tertiary/aromatic N) is 3. The first-order valence-corrected chi connectivity index (χ1v) is 5.81. The summed E-state index contributed by atoms with van der Waals surface area (Å²) >= 11 is 0. The van der Waals surface area contributed by atoms with Crippen LogP contribution in [0.3, 0.4) is 0 Å². The summed E-state index contributed by atoms with van der Waals surface area (Å²) in [5.41, 5.74) is 1.05. The molecule has 4 nitrogen and oxygen atoms in total. The van der Waals surface area contributed by atoms with Crippen LogP contribution in [0.25, 0.3) is 0 Å². The Balaban J connectivity index is 2.04. The van der Waals surface area contributed by atoms with Gasteiger partial charge in [0.25, 0.3) is 0 Å². The average Bonchev–Trinajstić information content (AvgIpc) is 2.75. The normalized spacial score (nSPS) is 12.9. The van der Waals surface area contributed by atoms with E-state index < -0.39 is 0 Å². The largest absolute Gasteiger partial charge is 0.338 e. The maximum absolute atomic E-state index is 12.9. The lowest BCUT2D eigenvalue weighted by Crippen LogP contribution is -2.22. The summed E-state index contributed by atoms with van der Waals surface area (Å²) in [6.45, 7) is 4.41. The molecule has 18 heavy (non-hydrogen) atoms. The van der Waals surface area contributed by atoms with Crippen LogP contribution in [-0.2, 0) is 6.54 Å². The molecule has 0 saturated carbocycles. The first-order valence-electron chi connectivity index (χ1n) is 5.81. The molecule has 0 saturated heterocycles. The molecule has 2 aromatic rings. The van der Waals surface area contributed by atoms with Crippen LogP contribution in [-0.4, -0.2) is 22.1 Å². The van der Waals surface area contributed by atoms with E-state index in [0.717, 1.165) is 5.56 Å². The zero-order chi connectivity index (χ0) is 13.1. The van der Waals surface area contributed by atoms with Crippen molar-refractivity contribution < 1.29 is 8.91 Å². The summed E-state index contributed by atoms with van der Waals surface area (Å²) in [5.74, 6) is 0.998. The Morgan fingerprint density at radius 1 is 1.33 bits per heavy atom. The van der Waals surface area contributed by atoms with Crippen LogP contribution < -0.4 is 0 Å². The first-order chi connectivity index (χ1) is 8.56. The molecule has 96 valence electrons. The minimum absolute atomic E-state index is 0.151. The molecule has 0 N–H and O–H groups in total. The van der Waals surface area contributed by atoms with Crippen LogP contribution in [0.1, 0.15) is 30.2 Å². The Morgan fingerprint density at radius 2 is 2.00 bits per heavy atom. The van der Waals surface area contributed by atoms with Crippen molar-refractivity contribution in [2.45, 2.75) is 26.4 Å². The van der Waals surface area contributed by atoms with Crippen molar-refractivity contribution in [3.8, 4) is 0 Å². The summed E-state index contributed by atoms with van der Waals surface area (Å²) in [5, 5.41) is 3.75. The van der Waals surface area contributed by atoms with Gasteiger partial charge in [-0.05, 0) is 38.6 Å². The molecule has 0 unspecified atom stereocenters. The van der Waals surface area contributed by atoms with Gasteiger partial charge in [0.05, 0.1) is 6.54 Å². The van der Waals surface area contributed by atoms with Crippen LogP contribution in [0.5, 0.6) is 0 Å². The zero-order valence-electron chi connectivity index (χ0n) is 10.7. The molecule has 0 aliphatic carbocycles. The van der Waals surface area contributed by atoms with E-state index in [1.807, 2.05) is 7.05 Å². The van der Waals surface area contributed by atoms with Gasteiger partial charge in [0.1, 0.15) is 5.82 Å². The highest BCUT2D eigenvalue weighted by molar-refractivity contribution is 5.19. The molecular formula is C13H16FN3O. The van der Waals surface area contributed by atoms with Gasteiger partial charge in [0, 0.05) is 6.04 Å². The number of hydrogen-bond donors (Lipinski definition) is 0. The second-order valence-electron chi connectivity index (χ2n) is 4.38. The van der Waals surface area contributed by atoms with Gasteiger partial charge in [-0.15, -0.1) is 0 Å². The van der Waals surface area contributed by atoms with Gasteiger partial charge >= 0.3 is 0 Å². The number of halogens is 1. The topological polar surface area (TPSA) is 42.2 Å². The van der Waals surface area contributed by atoms with Crippen molar-refractivity contribution in [2.75, 3.05) is 7.05 Å². The van der Waals surface area contributed by atoms with Crippen molar-refractivity contribution >= 4 is 0 Å². The highest BCUT2D eigenvalue weighted by Gasteiger charge is 2.14. The molecule has 0 aliphatic rings. The second-order valence-corrected chi connectivity index (χ2v) is 4.38. The summed E-state index contributed by atoms with van der Waals surface area (Å²) < 4.78 is 17.9. The second kappa shape index (κ2) is 5.27. The minimum atomic E-state index is -0.221. The monoisotopic (exact) mass is 249 g/mol. The Bertz CT molecular complexity index is 509. The fourth-order valence-electron chi connectivity index (χ4n) is 1.75. The number of rotatable bonds is 4. The summed E-state index contributed by atoms with van der Waals surface area (Å²) in [6, 6.07) is 6.66. The Hall–Kier alpha value is -1.75. The molecule has 0 aliphatic heterocycles. The highest BCUT2D eigenvalue weighted by Crippen LogP contribution is 2.20. The van der Waals surface area contributed by atoms with E-state index in [1.165, 1.54) is 12.1 Å². The van der Waals surface area contributed by atoms with Crippen LogP contribution in [0, 0.1) is 12.7 Å². The van der Waals surface area contributed by atoms with Crippen molar-refractivity contribution in [3.63, 3.8) is 0 Å². The number of aryl methyl sites for hydroxylation is 1. The van der Waals surface area contributed by atoms with Crippen LogP contribution >= 0.6 is 0 Å². The van der Waals surface area contributed by atoms with E-state index in [1.54, 1.807) is 19.1 Å². The summed E-state index contributed by atoms with van der Waals surface area (Å²) in [6.07, 6.45) is 0. The van der Waals surface area contributed by atoms with E-state index in [9.17, 15) is 4.39 Å². The molecule has 2 rings (SSSR count). The third-order valence-corrected chi connectivity index (χ3v) is 2.97. The van der Waals surface area contributed by atoms with E-state index >= 15 is 0 Å². The Morgan fingerprint density at radius 3 is 2.56 bits per heavy atom. The van der Waals surface area contributed by atoms with Crippen LogP contribution in [0.2, 0.25) is 0 Å². The van der Waals surface area contributed by atoms with Gasteiger partial charge in [0.15, 0.2) is 5.82 Å². The standard InChI is InChI=1S/C13H16FN3O/c1-9(11-4-6-12(14)7-5-11)17(3)8-13-15-10(2)16-18-13/h4-7,9H,8H2,1-3H3/t9-/m1/s1. The number of benzene rings is 1. The van der Waals surface area contributed by atoms with E-state index in [-0.39, 0.29) is 11.9 Å². The molecule has 0 bridgehead atoms. The molecule has 5 heteroatoms. The molecule has 0 fully saturated rings. The quantitative estimate of drug-likeness (QED) is 0.835. The molecule has 1 heterocycles. The van der Waals surface area contributed by atoms with Gasteiger partial charge in [0.2, 0.25) is 5.89 Å². The summed E-state index contributed by atoms with van der Waals surface area (Å²) in [7, 11) is 1.97. The predicted molar refractivity (Wildman–Crippen MR) is 65.3 cm³/mol. The third-order valence-electron chi connectivity index (χ3n) is 2.97. The van der Waals surface area contributed by atoms with Crippen molar-refractivity contribution in [2.24, 2.45) is 0 Å². The zero-order valence-corrected chi connectivity index (χ0v) is 10.7. The lowest BCUT2D eigenvalue weighted by atomic mass is 10.1. The first kappa shape index (κ1) is 12.7. The van der Waals surface area contributed by atoms with Crippen LogP contribution in [0.15, 0.2) is 28.8 Å². The lowest BCUT2D eigenvalue weighted by molar-refractivity contribution is 0.216. The van der Waals surface area contributed by atoms with Gasteiger partial charge in [-0.3, -0.25) is 4.90 Å². The Labute approximate surface area is 105 Å². The van der Waals surface area contributed by atoms with Gasteiger partial charge in [-0.2, -0.15) is 4.98 Å². The van der Waals surface area contributed by atoms with Gasteiger partial charge in [-0.1, -0.05) is 17.3 Å². The number of aromatic nitrogens is 2. The molecule has 1 aromatic carbocycles. The SMILES string of the molecule is Cc1noc(CN(C)[C@H](C)c2ccc(F)cc2)n1. The smallest absolute Gasteiger partial charge is 0.240 e. The minimum Gasteiger partial charge on any atom is -0.338 e. The lowest BCUT2D eigenvalue weighted by Gasteiger charge is -2.23. The molecular weight excluding hydrogens is 233 g/mol. The average molecular weight is 249 g/mol. The van der Waals surface area contributed by atoms with E-state index in [4.69, 9.17) is 4.52 Å².